The average molecular weight is 447 g/mol. The molecule has 0 bridgehead atoms. The highest BCUT2D eigenvalue weighted by Gasteiger charge is 2.21. The molecule has 0 unspecified atom stereocenters. The Labute approximate surface area is 180 Å². The van der Waals surface area contributed by atoms with Gasteiger partial charge in [-0.05, 0) is 37.1 Å². The van der Waals surface area contributed by atoms with Crippen LogP contribution in [0.4, 0.5) is 27.9 Å². The minimum Gasteiger partial charge on any atom is -0.481 e. The van der Waals surface area contributed by atoms with E-state index in [1.807, 2.05) is 0 Å². The van der Waals surface area contributed by atoms with Gasteiger partial charge in [0.1, 0.15) is 6.04 Å². The first-order valence-corrected chi connectivity index (χ1v) is 9.15. The summed E-state index contributed by atoms with van der Waals surface area (Å²) < 4.78 is 0. The number of nitrogens with two attached hydrogens (primary N) is 2. The molecule has 14 heteroatoms. The standard InChI is InChI=1S/C18H21N7O7/c19-13-12(15(29)25-17(20)24-13)23-18(32)21-9-6-4-8(5-7-9)14(28)22-10(16(30)31)2-1-3-11(26)27/h4-7,10H,1-3H2,(H,22,28)(H,26,27)(H,30,31)(H2,21,23,32)(H5,19,20,24,25,29)/t10-/m0/s1. The fourth-order valence-corrected chi connectivity index (χ4v) is 2.57. The second-order valence-corrected chi connectivity index (χ2v) is 6.52. The summed E-state index contributed by atoms with van der Waals surface area (Å²) in [5.41, 5.74) is 10.2. The molecule has 0 aliphatic carbocycles. The van der Waals surface area contributed by atoms with E-state index in [1.165, 1.54) is 24.3 Å². The van der Waals surface area contributed by atoms with Crippen LogP contribution in [0.15, 0.2) is 29.1 Å². The minimum absolute atomic E-state index is 0.0462. The van der Waals surface area contributed by atoms with E-state index < -0.39 is 35.5 Å². The topological polar surface area (TPSA) is 243 Å². The SMILES string of the molecule is Nc1nc(N)c(NC(=O)Nc2ccc(C(=O)N[C@@H](CCCC(=O)O)C(=O)O)cc2)c(=O)[nH]1. The number of nitrogens with one attached hydrogen (secondary N) is 4. The molecule has 1 atom stereocenters. The number of anilines is 4. The van der Waals surface area contributed by atoms with E-state index in [0.717, 1.165) is 0 Å². The first kappa shape index (κ1) is 23.7. The molecule has 170 valence electrons. The van der Waals surface area contributed by atoms with Crippen molar-refractivity contribution in [3.63, 3.8) is 0 Å². The maximum absolute atomic E-state index is 12.3. The maximum atomic E-state index is 12.3. The van der Waals surface area contributed by atoms with Gasteiger partial charge in [-0.1, -0.05) is 0 Å². The zero-order valence-electron chi connectivity index (χ0n) is 16.5. The number of nitrogen functional groups attached to an aromatic ring is 2. The second-order valence-electron chi connectivity index (χ2n) is 6.52. The van der Waals surface area contributed by atoms with Gasteiger partial charge >= 0.3 is 18.0 Å². The number of carboxylic acids is 2. The number of aromatic nitrogens is 2. The summed E-state index contributed by atoms with van der Waals surface area (Å²) in [6.45, 7) is 0. The largest absolute Gasteiger partial charge is 0.481 e. The minimum atomic E-state index is -1.29. The number of hydrogen-bond acceptors (Lipinski definition) is 8. The molecule has 1 aromatic heterocycles. The number of nitrogens with zero attached hydrogens (tertiary/aromatic N) is 1. The molecule has 0 aliphatic rings. The number of urea groups is 1. The predicted octanol–water partition coefficient (Wildman–Crippen LogP) is 0.0162. The summed E-state index contributed by atoms with van der Waals surface area (Å²) in [5.74, 6) is -3.52. The zero-order chi connectivity index (χ0) is 23.8. The Morgan fingerprint density at radius 2 is 1.72 bits per heavy atom. The molecule has 0 saturated heterocycles. The zero-order valence-corrected chi connectivity index (χ0v) is 16.5. The molecular weight excluding hydrogens is 426 g/mol. The molecule has 1 heterocycles. The maximum Gasteiger partial charge on any atom is 0.326 e. The van der Waals surface area contributed by atoms with Gasteiger partial charge in [-0.25, -0.2) is 9.59 Å². The highest BCUT2D eigenvalue weighted by Crippen LogP contribution is 2.13. The van der Waals surface area contributed by atoms with Crippen LogP contribution in [-0.4, -0.2) is 50.1 Å². The van der Waals surface area contributed by atoms with Crippen LogP contribution < -0.4 is 33.0 Å². The number of H-pyrrole nitrogens is 1. The summed E-state index contributed by atoms with van der Waals surface area (Å²) in [5, 5.41) is 24.8. The van der Waals surface area contributed by atoms with E-state index in [2.05, 4.69) is 25.9 Å². The van der Waals surface area contributed by atoms with Crippen molar-refractivity contribution in [2.45, 2.75) is 25.3 Å². The lowest BCUT2D eigenvalue weighted by molar-refractivity contribution is -0.140. The van der Waals surface area contributed by atoms with E-state index >= 15 is 0 Å². The van der Waals surface area contributed by atoms with Crippen LogP contribution in [-0.2, 0) is 9.59 Å². The van der Waals surface area contributed by atoms with Gasteiger partial charge in [0, 0.05) is 17.7 Å². The lowest BCUT2D eigenvalue weighted by atomic mass is 10.1. The summed E-state index contributed by atoms with van der Waals surface area (Å²) in [7, 11) is 0. The highest BCUT2D eigenvalue weighted by molar-refractivity contribution is 6.02. The molecule has 2 rings (SSSR count). The molecule has 10 N–H and O–H groups in total. The second kappa shape index (κ2) is 10.4. The van der Waals surface area contributed by atoms with Crippen molar-refractivity contribution in [3.05, 3.63) is 40.2 Å². The van der Waals surface area contributed by atoms with Crippen molar-refractivity contribution in [1.29, 1.82) is 0 Å². The molecule has 0 aliphatic heterocycles. The number of carbonyl (C=O) groups is 4. The smallest absolute Gasteiger partial charge is 0.326 e. The fourth-order valence-electron chi connectivity index (χ4n) is 2.57. The van der Waals surface area contributed by atoms with Gasteiger partial charge in [-0.15, -0.1) is 0 Å². The van der Waals surface area contributed by atoms with Crippen LogP contribution in [0.2, 0.25) is 0 Å². The molecule has 0 saturated carbocycles. The van der Waals surface area contributed by atoms with E-state index in [4.69, 9.17) is 16.6 Å². The van der Waals surface area contributed by atoms with Gasteiger partial charge in [0.15, 0.2) is 11.5 Å². The normalized spacial score (nSPS) is 11.2. The summed E-state index contributed by atoms with van der Waals surface area (Å²) in [6.07, 6.45) is -0.178. The van der Waals surface area contributed by atoms with Crippen molar-refractivity contribution < 1.29 is 29.4 Å². The number of hydrogen-bond donors (Lipinski definition) is 8. The van der Waals surface area contributed by atoms with E-state index in [0.29, 0.717) is 0 Å². The monoisotopic (exact) mass is 447 g/mol. The quantitative estimate of drug-likeness (QED) is 0.256. The molecule has 0 radical (unpaired) electrons. The Morgan fingerprint density at radius 3 is 2.28 bits per heavy atom. The van der Waals surface area contributed by atoms with Gasteiger partial charge in [0.25, 0.3) is 11.5 Å². The summed E-state index contributed by atoms with van der Waals surface area (Å²) in [6, 6.07) is 3.38. The number of benzene rings is 1. The van der Waals surface area contributed by atoms with E-state index in [9.17, 15) is 29.1 Å². The van der Waals surface area contributed by atoms with Crippen molar-refractivity contribution in [2.24, 2.45) is 0 Å². The van der Waals surface area contributed by atoms with Gasteiger partial charge in [-0.3, -0.25) is 24.7 Å². The summed E-state index contributed by atoms with van der Waals surface area (Å²) in [4.78, 5) is 63.8. The molecule has 2 aromatic rings. The number of carboxylic acid groups (broad SMARTS) is 2. The first-order valence-electron chi connectivity index (χ1n) is 9.15. The van der Waals surface area contributed by atoms with Gasteiger partial charge in [0.05, 0.1) is 0 Å². The lowest BCUT2D eigenvalue weighted by Crippen LogP contribution is -2.40. The van der Waals surface area contributed by atoms with Crippen molar-refractivity contribution in [3.8, 4) is 0 Å². The Hall–Kier alpha value is -4.62. The Morgan fingerprint density at radius 1 is 1.06 bits per heavy atom. The van der Waals surface area contributed by atoms with E-state index in [-0.39, 0.29) is 48.0 Å². The van der Waals surface area contributed by atoms with Crippen molar-refractivity contribution in [2.75, 3.05) is 22.1 Å². The third kappa shape index (κ3) is 6.72. The van der Waals surface area contributed by atoms with Crippen LogP contribution in [0.3, 0.4) is 0 Å². The Kier molecular flexibility index (Phi) is 7.70. The fraction of sp³-hybridized carbons (Fsp3) is 0.222. The predicted molar refractivity (Wildman–Crippen MR) is 113 cm³/mol. The van der Waals surface area contributed by atoms with Crippen molar-refractivity contribution in [1.82, 2.24) is 15.3 Å². The Balaban J connectivity index is 1.97. The number of amides is 3. The molecule has 3 amide bonds. The third-order valence-electron chi connectivity index (χ3n) is 4.10. The van der Waals surface area contributed by atoms with Crippen LogP contribution >= 0.6 is 0 Å². The number of aliphatic carboxylic acids is 2. The highest BCUT2D eigenvalue weighted by atomic mass is 16.4. The first-order chi connectivity index (χ1) is 15.1. The molecular formula is C18H21N7O7. The van der Waals surface area contributed by atoms with E-state index in [1.54, 1.807) is 0 Å². The number of aromatic amines is 1. The van der Waals surface area contributed by atoms with Gasteiger partial charge in [0.2, 0.25) is 5.95 Å². The molecule has 32 heavy (non-hydrogen) atoms. The molecule has 0 fully saturated rings. The number of carbonyl (C=O) groups excluding carboxylic acids is 2. The van der Waals surface area contributed by atoms with Crippen LogP contribution in [0, 0.1) is 0 Å². The van der Waals surface area contributed by atoms with Crippen LogP contribution in [0.5, 0.6) is 0 Å². The third-order valence-corrected chi connectivity index (χ3v) is 4.10. The van der Waals surface area contributed by atoms with Crippen LogP contribution in [0.1, 0.15) is 29.6 Å². The van der Waals surface area contributed by atoms with Crippen LogP contribution in [0.25, 0.3) is 0 Å². The lowest BCUT2D eigenvalue weighted by Gasteiger charge is -2.14. The van der Waals surface area contributed by atoms with Crippen molar-refractivity contribution >= 4 is 47.0 Å². The summed E-state index contributed by atoms with van der Waals surface area (Å²) >= 11 is 0. The van der Waals surface area contributed by atoms with Gasteiger partial charge < -0.3 is 32.3 Å². The number of rotatable bonds is 9. The van der Waals surface area contributed by atoms with Gasteiger partial charge in [-0.2, -0.15) is 4.98 Å². The molecule has 1 aromatic carbocycles. The Bertz CT molecular complexity index is 1080. The molecule has 14 nitrogen and oxygen atoms in total. The average Bonchev–Trinajstić information content (AvgIpc) is 2.70. The molecule has 0 spiro atoms.